The molecule has 7 N–H and O–H groups in total. The van der Waals surface area contributed by atoms with Gasteiger partial charge in [0.25, 0.3) is 0 Å². The van der Waals surface area contributed by atoms with Crippen molar-refractivity contribution in [2.24, 2.45) is 22.0 Å². The van der Waals surface area contributed by atoms with Crippen LogP contribution in [0.2, 0.25) is 0 Å². The molecule has 28 heteroatoms. The third-order valence-electron chi connectivity index (χ3n) is 18.4. The number of para-hydroxylation sites is 1. The zero-order valence-electron chi connectivity index (χ0n) is 61.1. The Labute approximate surface area is 609 Å². The van der Waals surface area contributed by atoms with Crippen LogP contribution in [-0.2, 0) is 109 Å². The molecule has 0 spiro atoms. The van der Waals surface area contributed by atoms with Gasteiger partial charge in [-0.2, -0.15) is 8.78 Å². The van der Waals surface area contributed by atoms with Gasteiger partial charge in [0.1, 0.15) is 24.2 Å². The first-order valence-corrected chi connectivity index (χ1v) is 37.3. The average Bonchev–Trinajstić information content (AvgIpc) is 1.63. The summed E-state index contributed by atoms with van der Waals surface area (Å²) in [5.41, 5.74) is 6.66. The van der Waals surface area contributed by atoms with E-state index in [1.165, 1.54) is 76.5 Å². The van der Waals surface area contributed by atoms with Crippen molar-refractivity contribution >= 4 is 83.5 Å². The minimum Gasteiger partial charge on any atom is -0.438 e. The second kappa shape index (κ2) is 34.6. The second-order valence-electron chi connectivity index (χ2n) is 29.9. The van der Waals surface area contributed by atoms with Crippen LogP contribution in [0.5, 0.6) is 0 Å². The van der Waals surface area contributed by atoms with Gasteiger partial charge < -0.3 is 51.2 Å². The van der Waals surface area contributed by atoms with Crippen LogP contribution in [0.25, 0.3) is 16.0 Å². The molecule has 3 aliphatic heterocycles. The fourth-order valence-electron chi connectivity index (χ4n) is 12.3. The molecule has 5 aromatic rings. The van der Waals surface area contributed by atoms with Crippen LogP contribution in [0.3, 0.4) is 0 Å². The molecule has 1 aromatic heterocycles. The van der Waals surface area contributed by atoms with Gasteiger partial charge in [-0.15, -0.1) is 11.3 Å². The number of alkyl halides is 2. The van der Waals surface area contributed by atoms with E-state index in [0.29, 0.717) is 31.4 Å². The molecule has 104 heavy (non-hydrogen) atoms. The van der Waals surface area contributed by atoms with Gasteiger partial charge >= 0.3 is 25.2 Å². The quantitative estimate of drug-likeness (QED) is 0.00790. The molecule has 562 valence electrons. The molecule has 7 amide bonds. The van der Waals surface area contributed by atoms with Crippen molar-refractivity contribution in [3.05, 3.63) is 147 Å². The molecule has 4 heterocycles. The molecule has 1 fully saturated rings. The lowest BCUT2D eigenvalue weighted by atomic mass is 9.85. The molecule has 0 saturated carbocycles. The fraction of sp³-hybridized carbons (Fsp3) is 0.500. The van der Waals surface area contributed by atoms with E-state index in [1.54, 1.807) is 23.8 Å². The minimum absolute atomic E-state index is 0.0413. The largest absolute Gasteiger partial charge is 0.438 e. The third-order valence-corrected chi connectivity index (χ3v) is 21.2. The third kappa shape index (κ3) is 20.9. The molecule has 0 aliphatic carbocycles. The maximum Gasteiger partial charge on any atom is 0.410 e. The standard InChI is InChI=1S/C76H97F2N8O16PS/c1-45(51-28-31-55(32-29-51)76(77,78)103(97,101-43-99-71(95)74(7,8)9)102-44-100-72(96)75(10,11)12)36-63(90)82-58-33-30-52-17-15-18-54-37-60(86(64(52)54)69(58)93)68(92)83-57(34-35-61(79)88)47(3)98-41-50-22-20-48(21-23-50)16-13-14-19-62(89)84-66(73(4,5)6)70(94)85-40-56(87)38-59(85)67(91)80-39-49-24-26-53(27-25-49)65-46(2)81-42-104-65/h15,17-18,20-29,31-32,36,42,47,56-60,66,87H,13-14,16,19,30,33-35,37-41,43-44H2,1-12H3,(H2,79,88)(H,80,91)(H,82,90)(H,83,92)(H,84,89)/b45-36+/t47-,56+,57+,58+,59+,60+,66-/m1/s1. The summed E-state index contributed by atoms with van der Waals surface area (Å²) in [5, 5.41) is 22.4. The number of β-amino-alcohol motifs (C(OH)–C–C–N with tert-alkyl or cyclic N) is 1. The molecular formula is C76H97F2N8O16PS. The van der Waals surface area contributed by atoms with E-state index in [4.69, 9.17) is 29.0 Å². The number of rotatable bonds is 31. The zero-order valence-corrected chi connectivity index (χ0v) is 62.8. The van der Waals surface area contributed by atoms with Gasteiger partial charge in [-0.05, 0) is 151 Å². The van der Waals surface area contributed by atoms with Gasteiger partial charge in [0.2, 0.25) is 54.9 Å². The van der Waals surface area contributed by atoms with E-state index in [1.807, 2.05) is 94.4 Å². The highest BCUT2D eigenvalue weighted by Crippen LogP contribution is 2.67. The van der Waals surface area contributed by atoms with Crippen molar-refractivity contribution in [3.63, 3.8) is 0 Å². The highest BCUT2D eigenvalue weighted by molar-refractivity contribution is 7.54. The SMILES string of the molecule is C/C(=C\C(=O)N[C@H]1CCc2cccc3c2N(C1=O)[C@H](C(=O)N[C@@H](CCC(N)=O)[C@@H](C)OCc1ccc(CCCCC(=O)N[C@H](C(=O)N2C[C@@H](O)C[C@H]2C(=O)NCc2ccc(-c4scnc4C)cc2)C(C)(C)C)cc1)C3)c1ccc(C(F)(F)P(=O)(OCOC(=O)C(C)(C)C)OCOC(=O)C(C)(C)C)cc1. The zero-order chi connectivity index (χ0) is 76.2. The molecule has 8 rings (SSSR count). The van der Waals surface area contributed by atoms with E-state index in [9.17, 15) is 52.8 Å². The lowest BCUT2D eigenvalue weighted by molar-refractivity contribution is -0.163. The molecule has 1 saturated heterocycles. The minimum atomic E-state index is -5.62. The average molecular weight is 1480 g/mol. The van der Waals surface area contributed by atoms with Crippen LogP contribution in [0, 0.1) is 23.2 Å². The van der Waals surface area contributed by atoms with Crippen LogP contribution in [0.15, 0.2) is 103 Å². The van der Waals surface area contributed by atoms with Crippen molar-refractivity contribution in [2.75, 3.05) is 25.0 Å². The highest BCUT2D eigenvalue weighted by atomic mass is 32.1. The van der Waals surface area contributed by atoms with E-state index in [2.05, 4.69) is 26.3 Å². The summed E-state index contributed by atoms with van der Waals surface area (Å²) in [7, 11) is -5.62. The number of carbonyl (C=O) groups is 9. The lowest BCUT2D eigenvalue weighted by Gasteiger charge is -2.35. The van der Waals surface area contributed by atoms with Crippen LogP contribution < -0.4 is 31.9 Å². The van der Waals surface area contributed by atoms with Gasteiger partial charge in [0.15, 0.2) is 0 Å². The number of nitrogens with two attached hydrogens (primary N) is 1. The van der Waals surface area contributed by atoms with Gasteiger partial charge in [0, 0.05) is 50.4 Å². The normalized spacial score (nSPS) is 18.0. The van der Waals surface area contributed by atoms with Crippen LogP contribution >= 0.6 is 18.9 Å². The number of nitrogens with one attached hydrogen (secondary N) is 4. The highest BCUT2D eigenvalue weighted by Gasteiger charge is 2.56. The predicted molar refractivity (Wildman–Crippen MR) is 387 cm³/mol. The Bertz CT molecular complexity index is 3980. The fourth-order valence-corrected chi connectivity index (χ4v) is 14.3. The van der Waals surface area contributed by atoms with Gasteiger partial charge in [0.05, 0.1) is 57.5 Å². The summed E-state index contributed by atoms with van der Waals surface area (Å²) >= 11 is 1.55. The molecule has 3 aliphatic rings. The Kier molecular flexibility index (Phi) is 26.9. The van der Waals surface area contributed by atoms with Crippen LogP contribution in [0.1, 0.15) is 166 Å². The van der Waals surface area contributed by atoms with E-state index in [0.717, 1.165) is 56.1 Å². The number of thiazole rings is 1. The van der Waals surface area contributed by atoms with E-state index >= 15 is 8.78 Å². The Balaban J connectivity index is 0.827. The van der Waals surface area contributed by atoms with Crippen molar-refractivity contribution in [2.45, 2.75) is 209 Å². The number of benzene rings is 4. The number of esters is 2. The Morgan fingerprint density at radius 1 is 0.788 bits per heavy atom. The number of likely N-dealkylation sites (tertiary alicyclic amines) is 1. The number of ether oxygens (including phenoxy) is 3. The number of primary amides is 1. The predicted octanol–water partition coefficient (Wildman–Crippen LogP) is 10.2. The first kappa shape index (κ1) is 81.1. The number of aryl methyl sites for hydroxylation is 3. The molecular weight excluding hydrogens is 1380 g/mol. The molecule has 0 unspecified atom stereocenters. The Hall–Kier alpha value is -8.59. The molecule has 0 bridgehead atoms. The second-order valence-corrected chi connectivity index (χ2v) is 32.8. The summed E-state index contributed by atoms with van der Waals surface area (Å²) in [4.78, 5) is 130. The van der Waals surface area contributed by atoms with Gasteiger partial charge in [-0.1, -0.05) is 112 Å². The number of aromatic nitrogens is 1. The lowest BCUT2D eigenvalue weighted by Crippen LogP contribution is -2.57. The summed E-state index contributed by atoms with van der Waals surface area (Å²) in [5.74, 6) is -5.20. The topological polar surface area (TPSA) is 331 Å². The maximum absolute atomic E-state index is 16.3. The van der Waals surface area contributed by atoms with Crippen molar-refractivity contribution in [3.8, 4) is 10.4 Å². The number of unbranched alkanes of at least 4 members (excludes halogenated alkanes) is 1. The number of amides is 7. The number of hydrogen-bond donors (Lipinski definition) is 6. The molecule has 7 atom stereocenters. The number of carbonyl (C=O) groups excluding carboxylic acids is 9. The number of hydrogen-bond acceptors (Lipinski definition) is 18. The number of anilines is 1. The number of aliphatic hydroxyl groups excluding tert-OH is 1. The van der Waals surface area contributed by atoms with E-state index < -0.39 is 138 Å². The van der Waals surface area contributed by atoms with Crippen LogP contribution in [0.4, 0.5) is 14.5 Å². The summed E-state index contributed by atoms with van der Waals surface area (Å²) < 4.78 is 72.7. The maximum atomic E-state index is 16.3. The van der Waals surface area contributed by atoms with Gasteiger partial charge in [-0.25, -0.2) is 4.98 Å². The van der Waals surface area contributed by atoms with Gasteiger partial charge in [-0.3, -0.25) is 61.7 Å². The number of nitrogens with zero attached hydrogens (tertiary/aromatic N) is 3. The summed E-state index contributed by atoms with van der Waals surface area (Å²) in [6, 6.07) is 20.6. The Morgan fingerprint density at radius 3 is 2.00 bits per heavy atom. The van der Waals surface area contributed by atoms with Crippen LogP contribution in [-0.4, -0.2) is 131 Å². The summed E-state index contributed by atoms with van der Waals surface area (Å²) in [6.45, 7) is 17.8. The first-order chi connectivity index (χ1) is 48.8. The number of aliphatic hydroxyl groups is 1. The van der Waals surface area contributed by atoms with Crippen molar-refractivity contribution in [1.82, 2.24) is 31.2 Å². The molecule has 0 radical (unpaired) electrons. The van der Waals surface area contributed by atoms with E-state index in [-0.39, 0.29) is 75.3 Å². The smallest absolute Gasteiger partial charge is 0.410 e. The Morgan fingerprint density at radius 2 is 1.40 bits per heavy atom. The molecule has 24 nitrogen and oxygen atoms in total. The monoisotopic (exact) mass is 1480 g/mol. The number of allylic oxidation sites excluding steroid dienone is 1. The first-order valence-electron chi connectivity index (χ1n) is 34.8. The summed E-state index contributed by atoms with van der Waals surface area (Å²) in [6.07, 6.45) is 2.38. The van der Waals surface area contributed by atoms with Crippen molar-refractivity contribution < 1.29 is 84.9 Å². The molecule has 4 aromatic carbocycles. The van der Waals surface area contributed by atoms with Crippen molar-refractivity contribution in [1.29, 1.82) is 0 Å². The number of halogens is 2.